The normalized spacial score (nSPS) is 18.8. The molecule has 1 amide bonds. The second-order valence-corrected chi connectivity index (χ2v) is 8.78. The number of benzene rings is 1. The van der Waals surface area contributed by atoms with Crippen molar-refractivity contribution in [2.45, 2.75) is 44.8 Å². The summed E-state index contributed by atoms with van der Waals surface area (Å²) in [5, 5.41) is 3.44. The van der Waals surface area contributed by atoms with E-state index < -0.39 is 5.79 Å². The smallest absolute Gasteiger partial charge is 0.255 e. The van der Waals surface area contributed by atoms with Crippen molar-refractivity contribution in [1.82, 2.24) is 9.88 Å². The van der Waals surface area contributed by atoms with Gasteiger partial charge in [-0.25, -0.2) is 0 Å². The van der Waals surface area contributed by atoms with E-state index >= 15 is 0 Å². The van der Waals surface area contributed by atoms with Crippen molar-refractivity contribution in [2.75, 3.05) is 31.6 Å². The van der Waals surface area contributed by atoms with Gasteiger partial charge in [-0.1, -0.05) is 39.0 Å². The van der Waals surface area contributed by atoms with E-state index in [-0.39, 0.29) is 11.3 Å². The van der Waals surface area contributed by atoms with Gasteiger partial charge in [-0.3, -0.25) is 9.78 Å². The van der Waals surface area contributed by atoms with Crippen LogP contribution in [0.15, 0.2) is 42.7 Å². The first-order chi connectivity index (χ1) is 13.9. The predicted octanol–water partition coefficient (Wildman–Crippen LogP) is 4.10. The summed E-state index contributed by atoms with van der Waals surface area (Å²) in [5.41, 5.74) is 3.66. The molecule has 2 saturated heterocycles. The Labute approximate surface area is 172 Å². The first kappa shape index (κ1) is 19.9. The topological polar surface area (TPSA) is 63.7 Å². The Kier molecular flexibility index (Phi) is 5.32. The predicted molar refractivity (Wildman–Crippen MR) is 112 cm³/mol. The van der Waals surface area contributed by atoms with E-state index in [1.165, 1.54) is 5.56 Å². The van der Waals surface area contributed by atoms with Crippen molar-refractivity contribution in [1.29, 1.82) is 0 Å². The molecule has 0 atom stereocenters. The van der Waals surface area contributed by atoms with Crippen LogP contribution in [0.1, 0.15) is 49.5 Å². The van der Waals surface area contributed by atoms with Crippen LogP contribution in [0.2, 0.25) is 0 Å². The number of nitrogens with one attached hydrogen (secondary N) is 1. The molecule has 29 heavy (non-hydrogen) atoms. The number of hydrogen-bond donors (Lipinski definition) is 1. The Morgan fingerprint density at radius 3 is 2.48 bits per heavy atom. The Hall–Kier alpha value is -2.44. The zero-order chi connectivity index (χ0) is 20.5. The van der Waals surface area contributed by atoms with E-state index in [4.69, 9.17) is 9.47 Å². The molecule has 6 heteroatoms. The first-order valence-corrected chi connectivity index (χ1v) is 10.3. The number of aromatic nitrogens is 1. The van der Waals surface area contributed by atoms with Crippen LogP contribution in [-0.4, -0.2) is 47.9 Å². The van der Waals surface area contributed by atoms with Gasteiger partial charge >= 0.3 is 0 Å². The molecule has 1 aromatic heterocycles. The molecular formula is C23H29N3O3. The largest absolute Gasteiger partial charge is 0.354 e. The molecule has 6 nitrogen and oxygen atoms in total. The van der Waals surface area contributed by atoms with Crippen molar-refractivity contribution in [3.63, 3.8) is 0 Å². The zero-order valence-corrected chi connectivity index (χ0v) is 17.4. The van der Waals surface area contributed by atoms with Crippen LogP contribution < -0.4 is 5.32 Å². The SMILES string of the molecule is CC(C)(C)c1ccccc1Nc1cncc(C(=O)N2CCC3(CC2)OCCO3)c1. The lowest BCUT2D eigenvalue weighted by molar-refractivity contribution is -0.181. The van der Waals surface area contributed by atoms with Crippen LogP contribution in [0.3, 0.4) is 0 Å². The third-order valence-corrected chi connectivity index (χ3v) is 5.63. The van der Waals surface area contributed by atoms with Gasteiger partial charge in [0.2, 0.25) is 0 Å². The van der Waals surface area contributed by atoms with Gasteiger partial charge in [0.05, 0.1) is 30.7 Å². The molecule has 1 N–H and O–H groups in total. The minimum absolute atomic E-state index is 0.00176. The van der Waals surface area contributed by atoms with E-state index in [0.717, 1.165) is 11.4 Å². The summed E-state index contributed by atoms with van der Waals surface area (Å²) >= 11 is 0. The molecule has 1 spiro atoms. The van der Waals surface area contributed by atoms with Gasteiger partial charge in [-0.2, -0.15) is 0 Å². The number of amides is 1. The molecule has 0 aliphatic carbocycles. The molecule has 4 rings (SSSR count). The number of carbonyl (C=O) groups is 1. The Bertz CT molecular complexity index is 875. The minimum atomic E-state index is -0.477. The number of hydrogen-bond acceptors (Lipinski definition) is 5. The molecule has 2 fully saturated rings. The summed E-state index contributed by atoms with van der Waals surface area (Å²) in [6.07, 6.45) is 4.81. The summed E-state index contributed by atoms with van der Waals surface area (Å²) in [6, 6.07) is 10.1. The number of likely N-dealkylation sites (tertiary alicyclic amines) is 1. The highest BCUT2D eigenvalue weighted by molar-refractivity contribution is 5.95. The molecule has 1 aromatic carbocycles. The molecule has 2 aliphatic heterocycles. The molecule has 0 bridgehead atoms. The van der Waals surface area contributed by atoms with Gasteiger partial charge in [0, 0.05) is 37.8 Å². The lowest BCUT2D eigenvalue weighted by Crippen LogP contribution is -2.47. The maximum absolute atomic E-state index is 13.0. The monoisotopic (exact) mass is 395 g/mol. The Balaban J connectivity index is 1.48. The number of anilines is 2. The number of piperidine rings is 1. The van der Waals surface area contributed by atoms with Crippen LogP contribution in [0.5, 0.6) is 0 Å². The number of para-hydroxylation sites is 1. The van der Waals surface area contributed by atoms with E-state index in [9.17, 15) is 4.79 Å². The van der Waals surface area contributed by atoms with Crippen molar-refractivity contribution in [2.24, 2.45) is 0 Å². The minimum Gasteiger partial charge on any atom is -0.354 e. The summed E-state index contributed by atoms with van der Waals surface area (Å²) < 4.78 is 11.5. The van der Waals surface area contributed by atoms with Gasteiger partial charge in [0.15, 0.2) is 5.79 Å². The van der Waals surface area contributed by atoms with Crippen molar-refractivity contribution < 1.29 is 14.3 Å². The van der Waals surface area contributed by atoms with Gasteiger partial charge in [-0.05, 0) is 23.1 Å². The summed E-state index contributed by atoms with van der Waals surface area (Å²) in [7, 11) is 0. The second kappa shape index (κ2) is 7.76. The van der Waals surface area contributed by atoms with Crippen LogP contribution in [-0.2, 0) is 14.9 Å². The molecule has 0 radical (unpaired) electrons. The van der Waals surface area contributed by atoms with Crippen LogP contribution in [0.4, 0.5) is 11.4 Å². The fraction of sp³-hybridized carbons (Fsp3) is 0.478. The lowest BCUT2D eigenvalue weighted by atomic mass is 9.86. The van der Waals surface area contributed by atoms with Gasteiger partial charge < -0.3 is 19.7 Å². The van der Waals surface area contributed by atoms with Crippen LogP contribution in [0, 0.1) is 0 Å². The van der Waals surface area contributed by atoms with Crippen LogP contribution >= 0.6 is 0 Å². The highest BCUT2D eigenvalue weighted by atomic mass is 16.7. The number of rotatable bonds is 3. The second-order valence-electron chi connectivity index (χ2n) is 8.78. The maximum Gasteiger partial charge on any atom is 0.255 e. The maximum atomic E-state index is 13.0. The first-order valence-electron chi connectivity index (χ1n) is 10.3. The highest BCUT2D eigenvalue weighted by Gasteiger charge is 2.40. The van der Waals surface area contributed by atoms with E-state index in [1.807, 2.05) is 23.1 Å². The van der Waals surface area contributed by atoms with Crippen molar-refractivity contribution >= 4 is 17.3 Å². The molecule has 3 heterocycles. The molecule has 0 saturated carbocycles. The number of carbonyl (C=O) groups excluding carboxylic acids is 1. The Morgan fingerprint density at radius 1 is 1.10 bits per heavy atom. The van der Waals surface area contributed by atoms with E-state index in [0.29, 0.717) is 44.7 Å². The van der Waals surface area contributed by atoms with Crippen LogP contribution in [0.25, 0.3) is 0 Å². The molecule has 2 aromatic rings. The van der Waals surface area contributed by atoms with E-state index in [1.54, 1.807) is 12.4 Å². The zero-order valence-electron chi connectivity index (χ0n) is 17.4. The fourth-order valence-electron chi connectivity index (χ4n) is 4.05. The van der Waals surface area contributed by atoms with Crippen molar-refractivity contribution in [3.8, 4) is 0 Å². The third-order valence-electron chi connectivity index (χ3n) is 5.63. The van der Waals surface area contributed by atoms with E-state index in [2.05, 4.69) is 43.2 Å². The molecule has 2 aliphatic rings. The average Bonchev–Trinajstić information content (AvgIpc) is 3.16. The molecule has 154 valence electrons. The van der Waals surface area contributed by atoms with Gasteiger partial charge in [0.1, 0.15) is 0 Å². The fourth-order valence-corrected chi connectivity index (χ4v) is 4.05. The lowest BCUT2D eigenvalue weighted by Gasteiger charge is -2.37. The van der Waals surface area contributed by atoms with Gasteiger partial charge in [-0.15, -0.1) is 0 Å². The van der Waals surface area contributed by atoms with Gasteiger partial charge in [0.25, 0.3) is 5.91 Å². The number of ether oxygens (including phenoxy) is 2. The third kappa shape index (κ3) is 4.28. The summed E-state index contributed by atoms with van der Waals surface area (Å²) in [5.74, 6) is -0.479. The number of nitrogens with zero attached hydrogens (tertiary/aromatic N) is 2. The highest BCUT2D eigenvalue weighted by Crippen LogP contribution is 2.33. The standard InChI is InChI=1S/C23H29N3O3/c1-22(2,3)19-6-4-5-7-20(19)25-18-14-17(15-24-16-18)21(27)26-10-8-23(9-11-26)28-12-13-29-23/h4-7,14-16,25H,8-13H2,1-3H3. The Morgan fingerprint density at radius 2 is 1.79 bits per heavy atom. The quantitative estimate of drug-likeness (QED) is 0.848. The summed E-state index contributed by atoms with van der Waals surface area (Å²) in [6.45, 7) is 9.10. The number of pyridine rings is 1. The average molecular weight is 396 g/mol. The molecule has 0 unspecified atom stereocenters. The molecular weight excluding hydrogens is 366 g/mol. The summed E-state index contributed by atoms with van der Waals surface area (Å²) in [4.78, 5) is 19.2. The van der Waals surface area contributed by atoms with Crippen molar-refractivity contribution in [3.05, 3.63) is 53.9 Å².